The van der Waals surface area contributed by atoms with E-state index in [4.69, 9.17) is 14.5 Å². The summed E-state index contributed by atoms with van der Waals surface area (Å²) in [4.78, 5) is 23.9. The summed E-state index contributed by atoms with van der Waals surface area (Å²) in [7, 11) is 0. The molecule has 4 aromatic rings. The second-order valence-electron chi connectivity index (χ2n) is 6.58. The molecule has 3 heterocycles. The molecule has 0 atom stereocenters. The zero-order valence-corrected chi connectivity index (χ0v) is 16.3. The molecule has 0 saturated heterocycles. The third-order valence-electron chi connectivity index (χ3n) is 4.60. The molecule has 1 aliphatic heterocycles. The number of carbonyl (C=O) groups excluding carboxylic acids is 1. The van der Waals surface area contributed by atoms with Crippen molar-refractivity contribution in [2.24, 2.45) is 0 Å². The fourth-order valence-corrected chi connectivity index (χ4v) is 4.18. The third-order valence-corrected chi connectivity index (χ3v) is 5.64. The van der Waals surface area contributed by atoms with Crippen molar-refractivity contribution in [1.82, 2.24) is 9.97 Å². The lowest BCUT2D eigenvalue weighted by atomic mass is 10.2. The van der Waals surface area contributed by atoms with Crippen molar-refractivity contribution in [2.45, 2.75) is 6.54 Å². The largest absolute Gasteiger partial charge is 0.486 e. The molecule has 0 fully saturated rings. The Labute approximate surface area is 171 Å². The first kappa shape index (κ1) is 17.6. The van der Waals surface area contributed by atoms with Gasteiger partial charge in [-0.15, -0.1) is 0 Å². The van der Waals surface area contributed by atoms with Crippen molar-refractivity contribution in [1.29, 1.82) is 0 Å². The molecule has 6 nitrogen and oxygen atoms in total. The van der Waals surface area contributed by atoms with Gasteiger partial charge in [0.05, 0.1) is 16.8 Å². The lowest BCUT2D eigenvalue weighted by molar-refractivity contribution is 0.0985. The van der Waals surface area contributed by atoms with Crippen LogP contribution in [0.1, 0.15) is 15.9 Å². The highest BCUT2D eigenvalue weighted by atomic mass is 32.1. The van der Waals surface area contributed by atoms with E-state index in [1.807, 2.05) is 54.6 Å². The molecule has 0 aliphatic carbocycles. The van der Waals surface area contributed by atoms with E-state index in [1.54, 1.807) is 17.3 Å². The maximum Gasteiger partial charge on any atom is 0.260 e. The molecule has 2 aromatic heterocycles. The Morgan fingerprint density at radius 2 is 1.83 bits per heavy atom. The maximum atomic E-state index is 13.3. The first-order chi connectivity index (χ1) is 14.3. The molecule has 7 heteroatoms. The summed E-state index contributed by atoms with van der Waals surface area (Å²) in [5.41, 5.74) is 2.33. The highest BCUT2D eigenvalue weighted by Crippen LogP contribution is 2.39. The van der Waals surface area contributed by atoms with Crippen LogP contribution >= 0.6 is 11.3 Å². The van der Waals surface area contributed by atoms with E-state index in [-0.39, 0.29) is 5.91 Å². The summed E-state index contributed by atoms with van der Waals surface area (Å²) in [6, 6.07) is 16.9. The van der Waals surface area contributed by atoms with E-state index in [2.05, 4.69) is 4.98 Å². The van der Waals surface area contributed by atoms with Gasteiger partial charge in [-0.25, -0.2) is 4.98 Å². The van der Waals surface area contributed by atoms with Crippen LogP contribution in [0.3, 0.4) is 0 Å². The Morgan fingerprint density at radius 3 is 2.59 bits per heavy atom. The van der Waals surface area contributed by atoms with Gasteiger partial charge in [0.25, 0.3) is 5.91 Å². The number of amides is 1. The third kappa shape index (κ3) is 3.52. The number of rotatable bonds is 4. The Hall–Kier alpha value is -3.45. The van der Waals surface area contributed by atoms with Crippen LogP contribution in [0.4, 0.5) is 5.13 Å². The van der Waals surface area contributed by atoms with Crippen LogP contribution in [-0.4, -0.2) is 29.1 Å². The number of nitrogens with zero attached hydrogens (tertiary/aromatic N) is 3. The number of thiazole rings is 1. The van der Waals surface area contributed by atoms with E-state index < -0.39 is 0 Å². The van der Waals surface area contributed by atoms with Gasteiger partial charge in [-0.05, 0) is 23.8 Å². The SMILES string of the molecule is O=C(c1ccccc1)N(Cc1cccnc1)c1nc2cc3c(cc2s1)OCCO3. The highest BCUT2D eigenvalue weighted by molar-refractivity contribution is 7.22. The van der Waals surface area contributed by atoms with Crippen molar-refractivity contribution in [2.75, 3.05) is 18.1 Å². The van der Waals surface area contributed by atoms with Crippen LogP contribution in [0.15, 0.2) is 67.0 Å². The van der Waals surface area contributed by atoms with E-state index in [1.165, 1.54) is 11.3 Å². The number of benzene rings is 2. The fourth-order valence-electron chi connectivity index (χ4n) is 3.21. The molecule has 0 radical (unpaired) electrons. The number of pyridine rings is 1. The van der Waals surface area contributed by atoms with Gasteiger partial charge in [-0.3, -0.25) is 14.7 Å². The van der Waals surface area contributed by atoms with Crippen LogP contribution in [-0.2, 0) is 6.54 Å². The molecule has 0 saturated carbocycles. The number of fused-ring (bicyclic) bond motifs is 2. The smallest absolute Gasteiger partial charge is 0.260 e. The fraction of sp³-hybridized carbons (Fsp3) is 0.136. The van der Waals surface area contributed by atoms with E-state index in [0.29, 0.717) is 42.0 Å². The molecule has 0 spiro atoms. The normalized spacial score (nSPS) is 12.7. The quantitative estimate of drug-likeness (QED) is 0.508. The topological polar surface area (TPSA) is 64.6 Å². The standard InChI is InChI=1S/C22H17N3O3S/c26-21(16-6-2-1-3-7-16)25(14-15-5-4-8-23-13-15)22-24-17-11-18-19(12-20(17)29-22)28-10-9-27-18/h1-8,11-13H,9-10,14H2. The van der Waals surface area contributed by atoms with Crippen molar-refractivity contribution in [3.05, 3.63) is 78.1 Å². The lowest BCUT2D eigenvalue weighted by Gasteiger charge is -2.20. The Morgan fingerprint density at radius 1 is 1.03 bits per heavy atom. The summed E-state index contributed by atoms with van der Waals surface area (Å²) in [5, 5.41) is 0.625. The molecular formula is C22H17N3O3S. The number of hydrogen-bond acceptors (Lipinski definition) is 6. The van der Waals surface area contributed by atoms with Crippen molar-refractivity contribution in [3.63, 3.8) is 0 Å². The number of anilines is 1. The highest BCUT2D eigenvalue weighted by Gasteiger charge is 2.23. The van der Waals surface area contributed by atoms with E-state index in [0.717, 1.165) is 15.8 Å². The first-order valence-corrected chi connectivity index (χ1v) is 10.1. The van der Waals surface area contributed by atoms with Crippen LogP contribution in [0.5, 0.6) is 11.5 Å². The van der Waals surface area contributed by atoms with Gasteiger partial charge in [0.15, 0.2) is 16.6 Å². The zero-order valence-electron chi connectivity index (χ0n) is 15.4. The molecular weight excluding hydrogens is 386 g/mol. The summed E-state index contributed by atoms with van der Waals surface area (Å²) >= 11 is 1.46. The van der Waals surface area contributed by atoms with Crippen LogP contribution in [0.25, 0.3) is 10.2 Å². The minimum Gasteiger partial charge on any atom is -0.486 e. The number of aromatic nitrogens is 2. The van der Waals surface area contributed by atoms with Gasteiger partial charge >= 0.3 is 0 Å². The molecule has 5 rings (SSSR count). The van der Waals surface area contributed by atoms with Gasteiger partial charge in [0.2, 0.25) is 0 Å². The van der Waals surface area contributed by atoms with E-state index in [9.17, 15) is 4.79 Å². The summed E-state index contributed by atoms with van der Waals surface area (Å²) < 4.78 is 12.3. The van der Waals surface area contributed by atoms with Crippen LogP contribution in [0, 0.1) is 0 Å². The molecule has 1 aliphatic rings. The molecule has 1 amide bonds. The van der Waals surface area contributed by atoms with Crippen molar-refractivity contribution < 1.29 is 14.3 Å². The second-order valence-corrected chi connectivity index (χ2v) is 7.59. The minimum atomic E-state index is -0.106. The minimum absolute atomic E-state index is 0.106. The Balaban J connectivity index is 1.57. The Kier molecular flexibility index (Phi) is 4.57. The predicted molar refractivity (Wildman–Crippen MR) is 112 cm³/mol. The summed E-state index contributed by atoms with van der Waals surface area (Å²) in [6.45, 7) is 1.44. The molecule has 2 aromatic carbocycles. The van der Waals surface area contributed by atoms with Gasteiger partial charge in [0, 0.05) is 30.1 Å². The lowest BCUT2D eigenvalue weighted by Crippen LogP contribution is -2.30. The maximum absolute atomic E-state index is 13.3. The summed E-state index contributed by atoms with van der Waals surface area (Å²) in [6.07, 6.45) is 3.48. The van der Waals surface area contributed by atoms with Gasteiger partial charge in [0.1, 0.15) is 13.2 Å². The van der Waals surface area contributed by atoms with Gasteiger partial charge in [-0.1, -0.05) is 35.6 Å². The molecule has 0 bridgehead atoms. The average molecular weight is 403 g/mol. The first-order valence-electron chi connectivity index (χ1n) is 9.24. The second kappa shape index (κ2) is 7.52. The zero-order chi connectivity index (χ0) is 19.6. The number of hydrogen-bond donors (Lipinski definition) is 0. The van der Waals surface area contributed by atoms with Crippen molar-refractivity contribution >= 4 is 32.6 Å². The van der Waals surface area contributed by atoms with Gasteiger partial charge < -0.3 is 9.47 Å². The summed E-state index contributed by atoms with van der Waals surface area (Å²) in [5.74, 6) is 1.30. The number of carbonyl (C=O) groups is 1. The number of ether oxygens (including phenoxy) is 2. The van der Waals surface area contributed by atoms with Crippen LogP contribution in [0.2, 0.25) is 0 Å². The average Bonchev–Trinajstić information content (AvgIpc) is 3.19. The van der Waals surface area contributed by atoms with Gasteiger partial charge in [-0.2, -0.15) is 0 Å². The molecule has 29 heavy (non-hydrogen) atoms. The monoisotopic (exact) mass is 403 g/mol. The Bertz CT molecular complexity index is 1120. The van der Waals surface area contributed by atoms with Crippen LogP contribution < -0.4 is 14.4 Å². The molecule has 144 valence electrons. The van der Waals surface area contributed by atoms with E-state index >= 15 is 0 Å². The molecule has 0 unspecified atom stereocenters. The van der Waals surface area contributed by atoms with Crippen molar-refractivity contribution in [3.8, 4) is 11.5 Å². The predicted octanol–water partition coefficient (Wildman–Crippen LogP) is 4.31. The molecule has 0 N–H and O–H groups in total.